The molecule has 2 N–H and O–H groups in total. The maximum Gasteiger partial charge on any atom is 0.406 e. The summed E-state index contributed by atoms with van der Waals surface area (Å²) in [6.07, 6.45) is -5.33. The second kappa shape index (κ2) is 8.81. The van der Waals surface area contributed by atoms with Crippen molar-refractivity contribution < 1.29 is 31.5 Å². The molecule has 2 aliphatic rings. The van der Waals surface area contributed by atoms with Gasteiger partial charge in [0, 0.05) is 19.7 Å². The minimum Gasteiger partial charge on any atom is -0.379 e. The lowest BCUT2D eigenvalue weighted by atomic mass is 10.1. The largest absolute Gasteiger partial charge is 0.406 e. The van der Waals surface area contributed by atoms with E-state index in [9.17, 15) is 26.7 Å². The fourth-order valence-corrected chi connectivity index (χ4v) is 4.22. The average Bonchev–Trinajstić information content (AvgIpc) is 3.36. The molecule has 0 aliphatic carbocycles. The van der Waals surface area contributed by atoms with Gasteiger partial charge in [-0.25, -0.2) is 13.8 Å². The van der Waals surface area contributed by atoms with Gasteiger partial charge in [0.2, 0.25) is 11.9 Å². The van der Waals surface area contributed by atoms with E-state index >= 15 is 0 Å². The van der Waals surface area contributed by atoms with E-state index in [0.717, 1.165) is 4.90 Å². The topological polar surface area (TPSA) is 76.6 Å². The van der Waals surface area contributed by atoms with E-state index in [1.54, 1.807) is 4.90 Å². The van der Waals surface area contributed by atoms with Crippen LogP contribution < -0.4 is 10.6 Å². The van der Waals surface area contributed by atoms with Gasteiger partial charge < -0.3 is 24.8 Å². The highest BCUT2D eigenvalue weighted by atomic mass is 19.4. The smallest absolute Gasteiger partial charge is 0.379 e. The van der Waals surface area contributed by atoms with Crippen molar-refractivity contribution in [2.45, 2.75) is 43.8 Å². The van der Waals surface area contributed by atoms with E-state index < -0.39 is 49.2 Å². The van der Waals surface area contributed by atoms with Crippen molar-refractivity contribution in [3.63, 3.8) is 0 Å². The van der Waals surface area contributed by atoms with Crippen molar-refractivity contribution in [2.24, 2.45) is 5.73 Å². The maximum absolute atomic E-state index is 14.0. The van der Waals surface area contributed by atoms with Crippen LogP contribution in [0.5, 0.6) is 0 Å². The second-order valence-corrected chi connectivity index (χ2v) is 8.20. The molecule has 32 heavy (non-hydrogen) atoms. The van der Waals surface area contributed by atoms with Crippen LogP contribution in [0.25, 0.3) is 11.0 Å². The fourth-order valence-electron chi connectivity index (χ4n) is 4.22. The molecule has 1 amide bonds. The number of fused-ring (bicyclic) bond motifs is 1. The Morgan fingerprint density at radius 2 is 2.09 bits per heavy atom. The van der Waals surface area contributed by atoms with Gasteiger partial charge in [0.05, 0.1) is 29.7 Å². The molecule has 1 unspecified atom stereocenters. The van der Waals surface area contributed by atoms with Crippen molar-refractivity contribution >= 4 is 22.9 Å². The van der Waals surface area contributed by atoms with Crippen LogP contribution in [0.1, 0.15) is 12.8 Å². The number of piperidine rings is 1. The molecule has 2 aliphatic heterocycles. The van der Waals surface area contributed by atoms with Crippen LogP contribution in [0.2, 0.25) is 0 Å². The fraction of sp³-hybridized carbons (Fsp3) is 0.600. The number of nitrogens with two attached hydrogens (primary N) is 1. The number of halogens is 5. The standard InChI is InChI=1S/C20H24F5N5O2/c21-12-1-2-16-17(7-12)29(19(27-16)28-5-3-14(22)15(26)8-28)9-18(31)30(11-20(23,24)25)13-4-6-32-10-13/h1-2,7,13-15H,3-6,8-11,26H2/t13?,14-,15-/m1/s1. The Morgan fingerprint density at radius 3 is 2.75 bits per heavy atom. The predicted molar refractivity (Wildman–Crippen MR) is 106 cm³/mol. The Hall–Kier alpha value is -2.47. The molecule has 0 radical (unpaired) electrons. The van der Waals surface area contributed by atoms with Gasteiger partial charge in [-0.3, -0.25) is 4.79 Å². The van der Waals surface area contributed by atoms with Gasteiger partial charge in [0.25, 0.3) is 0 Å². The highest BCUT2D eigenvalue weighted by molar-refractivity contribution is 5.83. The van der Waals surface area contributed by atoms with Crippen molar-refractivity contribution in [1.82, 2.24) is 14.5 Å². The van der Waals surface area contributed by atoms with E-state index in [-0.39, 0.29) is 44.2 Å². The van der Waals surface area contributed by atoms with Crippen molar-refractivity contribution in [1.29, 1.82) is 0 Å². The number of alkyl halides is 4. The number of benzene rings is 1. The van der Waals surface area contributed by atoms with Crippen molar-refractivity contribution in [3.8, 4) is 0 Å². The molecule has 1 aromatic heterocycles. The minimum atomic E-state index is -4.58. The average molecular weight is 461 g/mol. The molecule has 3 atom stereocenters. The Morgan fingerprint density at radius 1 is 1.31 bits per heavy atom. The number of rotatable bonds is 5. The lowest BCUT2D eigenvalue weighted by Crippen LogP contribution is -2.51. The summed E-state index contributed by atoms with van der Waals surface area (Å²) in [5, 5.41) is 0. The number of amides is 1. The number of anilines is 1. The number of hydrogen-bond donors (Lipinski definition) is 1. The molecule has 4 rings (SSSR count). The molecule has 12 heteroatoms. The molecule has 176 valence electrons. The molecular weight excluding hydrogens is 437 g/mol. The molecule has 7 nitrogen and oxygen atoms in total. The highest BCUT2D eigenvalue weighted by Gasteiger charge is 2.38. The number of nitrogens with zero attached hydrogens (tertiary/aromatic N) is 4. The van der Waals surface area contributed by atoms with E-state index in [1.165, 1.54) is 22.8 Å². The Labute approximate surface area is 180 Å². The number of carbonyl (C=O) groups excluding carboxylic acids is 1. The quantitative estimate of drug-likeness (QED) is 0.692. The third-order valence-electron chi connectivity index (χ3n) is 5.85. The summed E-state index contributed by atoms with van der Waals surface area (Å²) in [6, 6.07) is 2.33. The van der Waals surface area contributed by atoms with Crippen molar-refractivity contribution in [3.05, 3.63) is 24.0 Å². The number of carbonyl (C=O) groups is 1. The third-order valence-corrected chi connectivity index (χ3v) is 5.85. The molecule has 3 heterocycles. The first-order valence-electron chi connectivity index (χ1n) is 10.4. The zero-order chi connectivity index (χ0) is 23.0. The van der Waals surface area contributed by atoms with E-state index in [4.69, 9.17) is 10.5 Å². The number of imidazole rings is 1. The van der Waals surface area contributed by atoms with Crippen LogP contribution in [-0.2, 0) is 16.1 Å². The Bertz CT molecular complexity index is 975. The lowest BCUT2D eigenvalue weighted by Gasteiger charge is -2.34. The molecule has 0 spiro atoms. The van der Waals surface area contributed by atoms with Gasteiger partial charge in [0.15, 0.2) is 0 Å². The molecule has 0 bridgehead atoms. The molecule has 2 aromatic rings. The van der Waals surface area contributed by atoms with Gasteiger partial charge in [-0.1, -0.05) is 0 Å². The zero-order valence-electron chi connectivity index (χ0n) is 17.2. The van der Waals surface area contributed by atoms with E-state index in [1.807, 2.05) is 0 Å². The number of hydrogen-bond acceptors (Lipinski definition) is 5. The van der Waals surface area contributed by atoms with Gasteiger partial charge >= 0.3 is 6.18 Å². The molecular formula is C20H24F5N5O2. The van der Waals surface area contributed by atoms with Gasteiger partial charge in [-0.2, -0.15) is 13.2 Å². The highest BCUT2D eigenvalue weighted by Crippen LogP contribution is 2.28. The van der Waals surface area contributed by atoms with Crippen LogP contribution in [0, 0.1) is 5.82 Å². The summed E-state index contributed by atoms with van der Waals surface area (Å²) < 4.78 is 74.0. The normalized spacial score (nSPS) is 24.3. The SMILES string of the molecule is N[C@@H]1CN(c2nc3ccc(F)cc3n2CC(=O)N(CC(F)(F)F)C2CCOC2)CC[C@H]1F. The summed E-state index contributed by atoms with van der Waals surface area (Å²) in [5.41, 5.74) is 6.48. The molecule has 0 saturated carbocycles. The summed E-state index contributed by atoms with van der Waals surface area (Å²) >= 11 is 0. The van der Waals surface area contributed by atoms with E-state index in [0.29, 0.717) is 11.9 Å². The first-order valence-corrected chi connectivity index (χ1v) is 10.4. The van der Waals surface area contributed by atoms with E-state index in [2.05, 4.69) is 4.98 Å². The summed E-state index contributed by atoms with van der Waals surface area (Å²) in [7, 11) is 0. The van der Waals surface area contributed by atoms with Gasteiger partial charge in [0.1, 0.15) is 25.1 Å². The van der Waals surface area contributed by atoms with Crippen LogP contribution in [0.15, 0.2) is 18.2 Å². The second-order valence-electron chi connectivity index (χ2n) is 8.20. The summed E-state index contributed by atoms with van der Waals surface area (Å²) in [5.74, 6) is -1.11. The predicted octanol–water partition coefficient (Wildman–Crippen LogP) is 2.23. The van der Waals surface area contributed by atoms with Crippen LogP contribution in [-0.4, -0.2) is 77.6 Å². The van der Waals surface area contributed by atoms with Crippen LogP contribution >= 0.6 is 0 Å². The van der Waals surface area contributed by atoms with Gasteiger partial charge in [-0.05, 0) is 31.0 Å². The number of aromatic nitrogens is 2. The molecule has 1 aromatic carbocycles. The third kappa shape index (κ3) is 4.80. The Balaban J connectivity index is 1.68. The monoisotopic (exact) mass is 461 g/mol. The first kappa shape index (κ1) is 22.7. The number of ether oxygens (including phenoxy) is 1. The minimum absolute atomic E-state index is 0.0207. The van der Waals surface area contributed by atoms with Gasteiger partial charge in [-0.15, -0.1) is 0 Å². The summed E-state index contributed by atoms with van der Waals surface area (Å²) in [6.45, 7) is -1.22. The zero-order valence-corrected chi connectivity index (χ0v) is 17.2. The molecule has 2 saturated heterocycles. The summed E-state index contributed by atoms with van der Waals surface area (Å²) in [4.78, 5) is 20.0. The lowest BCUT2D eigenvalue weighted by molar-refractivity contribution is -0.166. The maximum atomic E-state index is 14.0. The van der Waals surface area contributed by atoms with Crippen LogP contribution in [0.3, 0.4) is 0 Å². The first-order chi connectivity index (χ1) is 15.1. The van der Waals surface area contributed by atoms with Crippen LogP contribution in [0.4, 0.5) is 27.9 Å². The Kier molecular flexibility index (Phi) is 6.26. The molecule has 2 fully saturated rings. The van der Waals surface area contributed by atoms with Crippen molar-refractivity contribution in [2.75, 3.05) is 37.7 Å².